The van der Waals surface area contributed by atoms with Gasteiger partial charge in [0.25, 0.3) is 0 Å². The normalized spacial score (nSPS) is 16.1. The zero-order valence-electron chi connectivity index (χ0n) is 21.6. The number of ether oxygens (including phenoxy) is 3. The van der Waals surface area contributed by atoms with E-state index in [2.05, 4.69) is 5.32 Å². The highest BCUT2D eigenvalue weighted by Gasteiger charge is 2.22. The van der Waals surface area contributed by atoms with Gasteiger partial charge in [-0.15, -0.1) is 0 Å². The number of alkyl carbamates (subject to hydrolysis) is 1. The molecule has 2 heterocycles. The van der Waals surface area contributed by atoms with E-state index < -0.39 is 12.3 Å². The number of rotatable bonds is 10. The van der Waals surface area contributed by atoms with Crippen molar-refractivity contribution in [3.8, 4) is 17.0 Å². The van der Waals surface area contributed by atoms with Crippen molar-refractivity contribution in [1.29, 1.82) is 0 Å². The zero-order valence-corrected chi connectivity index (χ0v) is 21.6. The Morgan fingerprint density at radius 3 is 2.74 bits per heavy atom. The third-order valence-corrected chi connectivity index (χ3v) is 6.60. The van der Waals surface area contributed by atoms with Crippen LogP contribution in [0.1, 0.15) is 36.6 Å². The topological polar surface area (TPSA) is 94.8 Å². The summed E-state index contributed by atoms with van der Waals surface area (Å²) in [5.74, 6) is 0.487. The lowest BCUT2D eigenvalue weighted by atomic mass is 10.1. The van der Waals surface area contributed by atoms with Crippen molar-refractivity contribution in [2.45, 2.75) is 44.9 Å². The van der Waals surface area contributed by atoms with E-state index in [9.17, 15) is 14.3 Å². The summed E-state index contributed by atoms with van der Waals surface area (Å²) in [4.78, 5) is 11.9. The summed E-state index contributed by atoms with van der Waals surface area (Å²) < 4.78 is 33.3. The molecule has 4 aromatic rings. The summed E-state index contributed by atoms with van der Waals surface area (Å²) in [5.41, 5.74) is 4.12. The van der Waals surface area contributed by atoms with Crippen LogP contribution in [0.2, 0.25) is 0 Å². The van der Waals surface area contributed by atoms with Gasteiger partial charge in [0.2, 0.25) is 0 Å². The molecule has 2 unspecified atom stereocenters. The van der Waals surface area contributed by atoms with Crippen LogP contribution in [0.4, 0.5) is 9.18 Å². The van der Waals surface area contributed by atoms with Gasteiger partial charge >= 0.3 is 6.09 Å². The van der Waals surface area contributed by atoms with Crippen molar-refractivity contribution in [2.75, 3.05) is 19.8 Å². The first-order valence-electron chi connectivity index (χ1n) is 13.2. The molecule has 8 nitrogen and oxygen atoms in total. The Balaban J connectivity index is 1.26. The van der Waals surface area contributed by atoms with E-state index in [1.54, 1.807) is 6.07 Å². The second-order valence-electron chi connectivity index (χ2n) is 9.50. The number of amides is 1. The van der Waals surface area contributed by atoms with Crippen molar-refractivity contribution in [3.05, 3.63) is 83.9 Å². The van der Waals surface area contributed by atoms with Gasteiger partial charge in [0.15, 0.2) is 12.4 Å². The number of aromatic nitrogens is 2. The van der Waals surface area contributed by atoms with E-state index >= 15 is 0 Å². The molecule has 1 aromatic heterocycles. The van der Waals surface area contributed by atoms with Gasteiger partial charge in [-0.1, -0.05) is 48.5 Å². The number of carbonyl (C=O) groups excluding carboxylic acids is 1. The predicted octanol–water partition coefficient (Wildman–Crippen LogP) is 5.54. The van der Waals surface area contributed by atoms with Gasteiger partial charge in [-0.05, 0) is 54.7 Å². The van der Waals surface area contributed by atoms with Gasteiger partial charge in [0, 0.05) is 17.6 Å². The van der Waals surface area contributed by atoms with Crippen LogP contribution in [0.3, 0.4) is 0 Å². The van der Waals surface area contributed by atoms with Crippen LogP contribution in [-0.4, -0.2) is 46.9 Å². The number of carbonyl (C=O) groups is 1. The second-order valence-corrected chi connectivity index (χ2v) is 9.50. The molecule has 204 valence electrons. The molecule has 0 radical (unpaired) electrons. The summed E-state index contributed by atoms with van der Waals surface area (Å²) in [6.45, 7) is 0.265. The van der Waals surface area contributed by atoms with Crippen LogP contribution in [0.5, 0.6) is 5.75 Å². The van der Waals surface area contributed by atoms with Crippen LogP contribution in [0.15, 0.2) is 72.8 Å². The minimum Gasteiger partial charge on any atom is -0.490 e. The monoisotopic (exact) mass is 533 g/mol. The van der Waals surface area contributed by atoms with Crippen molar-refractivity contribution >= 4 is 17.0 Å². The SMILES string of the molecule is O=C(NCC(F)COc1ccc2c(c1)c(-c1cccc(CO)c1)nn2C1CCCCO1)OCc1ccccc1. The second kappa shape index (κ2) is 12.7. The molecule has 0 saturated carbocycles. The number of aliphatic hydroxyl groups is 1. The smallest absolute Gasteiger partial charge is 0.407 e. The maximum Gasteiger partial charge on any atom is 0.407 e. The standard InChI is InChI=1S/C30H32FN3O5/c31-24(17-32-30(36)39-19-21-7-2-1-3-8-21)20-38-25-12-13-27-26(16-25)29(23-10-6-9-22(15-23)18-35)33-34(27)28-11-4-5-14-37-28/h1-3,6-10,12-13,15-16,24,28,35H,4-5,11,14,17-20H2,(H,32,36). The fraction of sp³-hybridized carbons (Fsp3) is 0.333. The van der Waals surface area contributed by atoms with E-state index in [0.29, 0.717) is 12.4 Å². The zero-order chi connectivity index (χ0) is 27.0. The molecule has 1 fully saturated rings. The van der Waals surface area contributed by atoms with Gasteiger partial charge in [0.05, 0.1) is 18.7 Å². The lowest BCUT2D eigenvalue weighted by molar-refractivity contribution is -0.0365. The Hall–Kier alpha value is -3.95. The third-order valence-electron chi connectivity index (χ3n) is 6.60. The molecule has 5 rings (SSSR count). The molecule has 0 bridgehead atoms. The summed E-state index contributed by atoms with van der Waals surface area (Å²) >= 11 is 0. The maximum atomic E-state index is 14.5. The highest BCUT2D eigenvalue weighted by Crippen LogP contribution is 2.35. The minimum atomic E-state index is -1.43. The first kappa shape index (κ1) is 26.6. The molecule has 3 aromatic carbocycles. The molecule has 1 saturated heterocycles. The number of alkyl halides is 1. The van der Waals surface area contributed by atoms with Crippen LogP contribution < -0.4 is 10.1 Å². The predicted molar refractivity (Wildman–Crippen MR) is 145 cm³/mol. The van der Waals surface area contributed by atoms with Crippen LogP contribution in [0, 0.1) is 0 Å². The van der Waals surface area contributed by atoms with Gasteiger partial charge in [-0.2, -0.15) is 5.10 Å². The molecule has 1 aliphatic rings. The summed E-state index contributed by atoms with van der Waals surface area (Å²) in [6.07, 6.45) is 0.692. The third kappa shape index (κ3) is 6.74. The number of hydrogen-bond acceptors (Lipinski definition) is 6. The van der Waals surface area contributed by atoms with Gasteiger partial charge in [-0.3, -0.25) is 0 Å². The quantitative estimate of drug-likeness (QED) is 0.278. The highest BCUT2D eigenvalue weighted by atomic mass is 19.1. The van der Waals surface area contributed by atoms with E-state index in [1.165, 1.54) is 0 Å². The van der Waals surface area contributed by atoms with E-state index in [0.717, 1.165) is 52.5 Å². The van der Waals surface area contributed by atoms with E-state index in [1.807, 2.05) is 71.4 Å². The first-order chi connectivity index (χ1) is 19.1. The molecule has 0 spiro atoms. The average Bonchev–Trinajstić information content (AvgIpc) is 3.38. The first-order valence-corrected chi connectivity index (χ1v) is 13.2. The van der Waals surface area contributed by atoms with Crippen molar-refractivity contribution < 1.29 is 28.5 Å². The average molecular weight is 534 g/mol. The number of nitrogens with zero attached hydrogens (tertiary/aromatic N) is 2. The fourth-order valence-electron chi connectivity index (χ4n) is 4.59. The molecular weight excluding hydrogens is 501 g/mol. The molecule has 2 N–H and O–H groups in total. The van der Waals surface area contributed by atoms with E-state index in [-0.39, 0.29) is 32.6 Å². The Morgan fingerprint density at radius 1 is 1.10 bits per heavy atom. The van der Waals surface area contributed by atoms with Gasteiger partial charge < -0.3 is 24.6 Å². The number of benzene rings is 3. The Bertz CT molecular complexity index is 1390. The lowest BCUT2D eigenvalue weighted by Gasteiger charge is -2.23. The molecular formula is C30H32FN3O5. The summed E-state index contributed by atoms with van der Waals surface area (Å²) in [7, 11) is 0. The van der Waals surface area contributed by atoms with Crippen molar-refractivity contribution in [2.24, 2.45) is 0 Å². The molecule has 2 atom stereocenters. The Labute approximate surface area is 226 Å². The Morgan fingerprint density at radius 2 is 1.95 bits per heavy atom. The molecule has 1 aliphatic heterocycles. The van der Waals surface area contributed by atoms with Crippen LogP contribution in [-0.2, 0) is 22.7 Å². The van der Waals surface area contributed by atoms with Crippen molar-refractivity contribution in [3.63, 3.8) is 0 Å². The molecule has 9 heteroatoms. The molecule has 0 aliphatic carbocycles. The van der Waals surface area contributed by atoms with Crippen LogP contribution >= 0.6 is 0 Å². The largest absolute Gasteiger partial charge is 0.490 e. The van der Waals surface area contributed by atoms with Crippen molar-refractivity contribution in [1.82, 2.24) is 15.1 Å². The number of halogens is 1. The maximum absolute atomic E-state index is 14.5. The highest BCUT2D eigenvalue weighted by molar-refractivity contribution is 5.94. The molecule has 1 amide bonds. The minimum absolute atomic E-state index is 0.0711. The lowest BCUT2D eigenvalue weighted by Crippen LogP contribution is -2.33. The Kier molecular flexibility index (Phi) is 8.70. The summed E-state index contributed by atoms with van der Waals surface area (Å²) in [6, 6.07) is 22.4. The van der Waals surface area contributed by atoms with E-state index in [4.69, 9.17) is 19.3 Å². The van der Waals surface area contributed by atoms with Crippen LogP contribution in [0.25, 0.3) is 22.2 Å². The summed E-state index contributed by atoms with van der Waals surface area (Å²) in [5, 5.41) is 17.8. The number of fused-ring (bicyclic) bond motifs is 1. The number of nitrogens with one attached hydrogen (secondary N) is 1. The molecule has 39 heavy (non-hydrogen) atoms. The number of hydrogen-bond donors (Lipinski definition) is 2. The van der Waals surface area contributed by atoms with Gasteiger partial charge in [-0.25, -0.2) is 13.9 Å². The van der Waals surface area contributed by atoms with Gasteiger partial charge in [0.1, 0.15) is 24.7 Å². The number of aliphatic hydroxyl groups excluding tert-OH is 1. The fourth-order valence-corrected chi connectivity index (χ4v) is 4.59.